The summed E-state index contributed by atoms with van der Waals surface area (Å²) in [7, 11) is 2.82. The first-order valence-corrected chi connectivity index (χ1v) is 8.09. The van der Waals surface area contributed by atoms with E-state index in [-0.39, 0.29) is 17.2 Å². The predicted octanol–water partition coefficient (Wildman–Crippen LogP) is 2.79. The number of benzene rings is 1. The summed E-state index contributed by atoms with van der Waals surface area (Å²) < 4.78 is 40.4. The Kier molecular flexibility index (Phi) is 6.81. The van der Waals surface area contributed by atoms with Gasteiger partial charge in [-0.2, -0.15) is 0 Å². The SMILES string of the molecule is COc1cc(CN2CCCCC2C(=O)O)cc(OC)c1OCC(F)F. The number of hydrogen-bond acceptors (Lipinski definition) is 5. The van der Waals surface area contributed by atoms with Crippen molar-refractivity contribution in [1.82, 2.24) is 4.90 Å². The lowest BCUT2D eigenvalue weighted by Crippen LogP contribution is -2.44. The highest BCUT2D eigenvalue weighted by molar-refractivity contribution is 5.73. The zero-order valence-corrected chi connectivity index (χ0v) is 14.3. The maximum atomic E-state index is 12.4. The number of carboxylic acids is 1. The van der Waals surface area contributed by atoms with Gasteiger partial charge in [-0.3, -0.25) is 9.69 Å². The second-order valence-corrected chi connectivity index (χ2v) is 5.85. The second kappa shape index (κ2) is 8.84. The van der Waals surface area contributed by atoms with Crippen molar-refractivity contribution in [3.05, 3.63) is 17.7 Å². The largest absolute Gasteiger partial charge is 0.493 e. The number of alkyl halides is 2. The van der Waals surface area contributed by atoms with Gasteiger partial charge in [-0.05, 0) is 37.1 Å². The van der Waals surface area contributed by atoms with E-state index in [1.807, 2.05) is 4.90 Å². The molecule has 140 valence electrons. The van der Waals surface area contributed by atoms with Gasteiger partial charge >= 0.3 is 5.97 Å². The molecule has 8 heteroatoms. The van der Waals surface area contributed by atoms with E-state index in [4.69, 9.17) is 14.2 Å². The average Bonchev–Trinajstić information content (AvgIpc) is 2.59. The number of nitrogens with zero attached hydrogens (tertiary/aromatic N) is 1. The lowest BCUT2D eigenvalue weighted by molar-refractivity contribution is -0.144. The van der Waals surface area contributed by atoms with Crippen LogP contribution in [0.5, 0.6) is 17.2 Å². The molecule has 1 aliphatic heterocycles. The van der Waals surface area contributed by atoms with Gasteiger partial charge in [0.15, 0.2) is 11.5 Å². The molecule has 2 rings (SSSR count). The Labute approximate surface area is 145 Å². The third kappa shape index (κ3) is 4.94. The van der Waals surface area contributed by atoms with Crippen molar-refractivity contribution in [1.29, 1.82) is 0 Å². The van der Waals surface area contributed by atoms with Gasteiger partial charge in [-0.25, -0.2) is 8.78 Å². The summed E-state index contributed by atoms with van der Waals surface area (Å²) in [6.07, 6.45) is -0.174. The molecular weight excluding hydrogens is 336 g/mol. The molecule has 1 fully saturated rings. The number of halogens is 2. The summed E-state index contributed by atoms with van der Waals surface area (Å²) >= 11 is 0. The second-order valence-electron chi connectivity index (χ2n) is 5.85. The van der Waals surface area contributed by atoms with E-state index in [2.05, 4.69) is 0 Å². The molecule has 0 aliphatic carbocycles. The minimum Gasteiger partial charge on any atom is -0.493 e. The highest BCUT2D eigenvalue weighted by Gasteiger charge is 2.29. The van der Waals surface area contributed by atoms with Crippen molar-refractivity contribution in [2.75, 3.05) is 27.4 Å². The molecule has 25 heavy (non-hydrogen) atoms. The molecule has 1 aliphatic rings. The van der Waals surface area contributed by atoms with Crippen LogP contribution in [0.3, 0.4) is 0 Å². The fourth-order valence-electron chi connectivity index (χ4n) is 3.01. The van der Waals surface area contributed by atoms with E-state index < -0.39 is 25.0 Å². The normalized spacial score (nSPS) is 18.2. The van der Waals surface area contributed by atoms with E-state index >= 15 is 0 Å². The standard InChI is InChI=1S/C17H23F2NO5/c1-23-13-7-11(8-14(24-2)16(13)25-10-15(18)19)9-20-6-4-3-5-12(20)17(21)22/h7-8,12,15H,3-6,9-10H2,1-2H3,(H,21,22). The van der Waals surface area contributed by atoms with Crippen molar-refractivity contribution in [3.63, 3.8) is 0 Å². The molecule has 1 atom stereocenters. The number of hydrogen-bond donors (Lipinski definition) is 1. The van der Waals surface area contributed by atoms with Crippen LogP contribution in [-0.2, 0) is 11.3 Å². The molecule has 0 amide bonds. The van der Waals surface area contributed by atoms with E-state index in [0.717, 1.165) is 18.4 Å². The van der Waals surface area contributed by atoms with Crippen LogP contribution in [-0.4, -0.2) is 55.8 Å². The Morgan fingerprint density at radius 2 is 1.92 bits per heavy atom. The van der Waals surface area contributed by atoms with Crippen LogP contribution in [0.2, 0.25) is 0 Å². The smallest absolute Gasteiger partial charge is 0.320 e. The van der Waals surface area contributed by atoms with Crippen molar-refractivity contribution < 1.29 is 32.9 Å². The molecule has 0 radical (unpaired) electrons. The van der Waals surface area contributed by atoms with Crippen LogP contribution in [0, 0.1) is 0 Å². The number of rotatable bonds is 8. The average molecular weight is 359 g/mol. The van der Waals surface area contributed by atoms with Crippen LogP contribution >= 0.6 is 0 Å². The first-order valence-electron chi connectivity index (χ1n) is 8.09. The lowest BCUT2D eigenvalue weighted by Gasteiger charge is -2.33. The van der Waals surface area contributed by atoms with Crippen molar-refractivity contribution >= 4 is 5.97 Å². The first kappa shape index (κ1) is 19.2. The summed E-state index contributed by atoms with van der Waals surface area (Å²) in [5, 5.41) is 9.37. The van der Waals surface area contributed by atoms with E-state index in [1.54, 1.807) is 12.1 Å². The zero-order valence-electron chi connectivity index (χ0n) is 14.3. The third-order valence-electron chi connectivity index (χ3n) is 4.16. The van der Waals surface area contributed by atoms with Gasteiger partial charge in [-0.15, -0.1) is 0 Å². The number of methoxy groups -OCH3 is 2. The number of aliphatic carboxylic acids is 1. The molecule has 1 aromatic carbocycles. The van der Waals surface area contributed by atoms with Gasteiger partial charge in [0.05, 0.1) is 14.2 Å². The molecule has 1 heterocycles. The molecular formula is C17H23F2NO5. The molecule has 1 saturated heterocycles. The number of carboxylic acid groups (broad SMARTS) is 1. The molecule has 1 N–H and O–H groups in total. The number of piperidine rings is 1. The molecule has 0 aromatic heterocycles. The monoisotopic (exact) mass is 359 g/mol. The fourth-order valence-corrected chi connectivity index (χ4v) is 3.01. The number of likely N-dealkylation sites (tertiary alicyclic amines) is 1. The minimum absolute atomic E-state index is 0.113. The molecule has 1 aromatic rings. The Balaban J connectivity index is 2.24. The van der Waals surface area contributed by atoms with E-state index in [1.165, 1.54) is 14.2 Å². The van der Waals surface area contributed by atoms with Gasteiger partial charge in [0.25, 0.3) is 6.43 Å². The highest BCUT2D eigenvalue weighted by atomic mass is 19.3. The Hall–Kier alpha value is -2.09. The molecule has 1 unspecified atom stereocenters. The van der Waals surface area contributed by atoms with Crippen LogP contribution in [0.25, 0.3) is 0 Å². The van der Waals surface area contributed by atoms with Crippen molar-refractivity contribution in [3.8, 4) is 17.2 Å². The first-order chi connectivity index (χ1) is 12.0. The Morgan fingerprint density at radius 3 is 2.44 bits per heavy atom. The minimum atomic E-state index is -2.61. The van der Waals surface area contributed by atoms with Crippen LogP contribution < -0.4 is 14.2 Å². The summed E-state index contributed by atoms with van der Waals surface area (Å²) in [5.74, 6) is -0.171. The van der Waals surface area contributed by atoms with Crippen molar-refractivity contribution in [2.45, 2.75) is 38.3 Å². The summed E-state index contributed by atoms with van der Waals surface area (Å²) in [5.41, 5.74) is 0.770. The Bertz CT molecular complexity index is 571. The van der Waals surface area contributed by atoms with Gasteiger partial charge in [0.2, 0.25) is 5.75 Å². The van der Waals surface area contributed by atoms with Crippen LogP contribution in [0.15, 0.2) is 12.1 Å². The van der Waals surface area contributed by atoms with E-state index in [9.17, 15) is 18.7 Å². The predicted molar refractivity (Wildman–Crippen MR) is 86.7 cm³/mol. The van der Waals surface area contributed by atoms with Crippen LogP contribution in [0.1, 0.15) is 24.8 Å². The number of carbonyl (C=O) groups is 1. The lowest BCUT2D eigenvalue weighted by atomic mass is 10.0. The third-order valence-corrected chi connectivity index (χ3v) is 4.16. The molecule has 0 bridgehead atoms. The van der Waals surface area contributed by atoms with Crippen molar-refractivity contribution in [2.24, 2.45) is 0 Å². The Morgan fingerprint density at radius 1 is 1.28 bits per heavy atom. The zero-order chi connectivity index (χ0) is 18.4. The highest BCUT2D eigenvalue weighted by Crippen LogP contribution is 2.39. The maximum Gasteiger partial charge on any atom is 0.320 e. The van der Waals surface area contributed by atoms with Gasteiger partial charge < -0.3 is 19.3 Å². The molecule has 0 spiro atoms. The van der Waals surface area contributed by atoms with E-state index in [0.29, 0.717) is 19.5 Å². The molecule has 6 nitrogen and oxygen atoms in total. The quantitative estimate of drug-likeness (QED) is 0.770. The van der Waals surface area contributed by atoms with Gasteiger partial charge in [-0.1, -0.05) is 6.42 Å². The van der Waals surface area contributed by atoms with Gasteiger partial charge in [0.1, 0.15) is 12.6 Å². The fraction of sp³-hybridized carbons (Fsp3) is 0.588. The van der Waals surface area contributed by atoms with Gasteiger partial charge in [0, 0.05) is 6.54 Å². The number of ether oxygens (including phenoxy) is 3. The summed E-state index contributed by atoms with van der Waals surface area (Å²) in [6, 6.07) is 2.80. The topological polar surface area (TPSA) is 68.2 Å². The maximum absolute atomic E-state index is 12.4. The van der Waals surface area contributed by atoms with Crippen LogP contribution in [0.4, 0.5) is 8.78 Å². The molecule has 0 saturated carbocycles. The summed E-state index contributed by atoms with van der Waals surface area (Å²) in [6.45, 7) is 0.323. The summed E-state index contributed by atoms with van der Waals surface area (Å²) in [4.78, 5) is 13.3.